The third-order valence-electron chi connectivity index (χ3n) is 4.55. The molecule has 3 aromatic heterocycles. The minimum atomic E-state index is -0.532. The molecule has 0 aliphatic carbocycles. The first-order valence-corrected chi connectivity index (χ1v) is 10.3. The summed E-state index contributed by atoms with van der Waals surface area (Å²) in [5.41, 5.74) is 1.84. The average molecular weight is 427 g/mol. The molecule has 0 saturated heterocycles. The quantitative estimate of drug-likeness (QED) is 0.613. The Morgan fingerprint density at radius 3 is 2.68 bits per heavy atom. The molecule has 9 heteroatoms. The second kappa shape index (κ2) is 9.20. The Morgan fingerprint density at radius 1 is 1.23 bits per heavy atom. The molecule has 3 rings (SSSR count). The number of methoxy groups -OCH3 is 1. The minimum Gasteiger partial charge on any atom is -0.494 e. The van der Waals surface area contributed by atoms with Gasteiger partial charge < -0.3 is 19.7 Å². The summed E-state index contributed by atoms with van der Waals surface area (Å²) >= 11 is 0. The van der Waals surface area contributed by atoms with Crippen molar-refractivity contribution in [2.24, 2.45) is 0 Å². The Balaban J connectivity index is 1.74. The molecule has 0 bridgehead atoms. The van der Waals surface area contributed by atoms with E-state index in [1.54, 1.807) is 35.1 Å². The van der Waals surface area contributed by atoms with E-state index in [-0.39, 0.29) is 12.1 Å². The number of pyridine rings is 1. The highest BCUT2D eigenvalue weighted by Gasteiger charge is 2.23. The number of anilines is 1. The van der Waals surface area contributed by atoms with Crippen LogP contribution in [0, 0.1) is 0 Å². The van der Waals surface area contributed by atoms with Gasteiger partial charge in [0, 0.05) is 30.9 Å². The number of nitrogens with one attached hydrogen (secondary N) is 1. The van der Waals surface area contributed by atoms with Gasteiger partial charge in [0.2, 0.25) is 0 Å². The zero-order valence-corrected chi connectivity index (χ0v) is 18.9. The Hall–Kier alpha value is -3.36. The van der Waals surface area contributed by atoms with Crippen molar-refractivity contribution < 1.29 is 14.3 Å². The summed E-state index contributed by atoms with van der Waals surface area (Å²) in [6.07, 6.45) is 4.80. The van der Waals surface area contributed by atoms with Gasteiger partial charge in [-0.1, -0.05) is 0 Å². The molecule has 0 aromatic carbocycles. The molecule has 0 unspecified atom stereocenters. The van der Waals surface area contributed by atoms with Gasteiger partial charge in [-0.05, 0) is 52.8 Å². The fourth-order valence-electron chi connectivity index (χ4n) is 3.09. The highest BCUT2D eigenvalue weighted by Crippen LogP contribution is 2.29. The largest absolute Gasteiger partial charge is 0.494 e. The van der Waals surface area contributed by atoms with Crippen LogP contribution in [0.1, 0.15) is 34.6 Å². The first-order chi connectivity index (χ1) is 14.7. The van der Waals surface area contributed by atoms with E-state index < -0.39 is 5.60 Å². The number of imidazole rings is 1. The Morgan fingerprint density at radius 2 is 2.00 bits per heavy atom. The van der Waals surface area contributed by atoms with Crippen LogP contribution >= 0.6 is 0 Å². The monoisotopic (exact) mass is 426 g/mol. The van der Waals surface area contributed by atoms with Crippen molar-refractivity contribution in [3.63, 3.8) is 0 Å². The second-order valence-electron chi connectivity index (χ2n) is 8.40. The number of nitrogens with zero attached hydrogens (tertiary/aromatic N) is 5. The molecule has 0 aliphatic rings. The highest BCUT2D eigenvalue weighted by atomic mass is 16.6. The first kappa shape index (κ1) is 22.3. The number of rotatable bonds is 7. The Labute approximate surface area is 182 Å². The van der Waals surface area contributed by atoms with Crippen molar-refractivity contribution in [1.29, 1.82) is 0 Å². The lowest BCUT2D eigenvalue weighted by Crippen LogP contribution is -2.43. The molecular weight excluding hydrogens is 396 g/mol. The van der Waals surface area contributed by atoms with Crippen molar-refractivity contribution >= 4 is 17.6 Å². The van der Waals surface area contributed by atoms with E-state index in [0.717, 1.165) is 16.9 Å². The molecule has 9 nitrogen and oxygen atoms in total. The molecule has 3 aromatic rings. The molecule has 1 amide bonds. The lowest BCUT2D eigenvalue weighted by molar-refractivity contribution is 0.0200. The van der Waals surface area contributed by atoms with E-state index in [0.29, 0.717) is 24.7 Å². The molecule has 0 aliphatic heterocycles. The number of amides is 1. The van der Waals surface area contributed by atoms with Crippen LogP contribution in [-0.4, -0.2) is 62.4 Å². The third kappa shape index (κ3) is 5.42. The lowest BCUT2D eigenvalue weighted by Gasteiger charge is -2.30. The van der Waals surface area contributed by atoms with Crippen LogP contribution < -0.4 is 10.1 Å². The summed E-state index contributed by atoms with van der Waals surface area (Å²) in [6, 6.07) is 5.64. The molecule has 0 saturated carbocycles. The standard InChI is InChI=1S/C22H30N6O3/c1-15(2)27(21(29)31-22(3,4)5)12-11-24-19-7-8-20-25-13-17(28(20)26-19)16-9-10-23-14-18(16)30-6/h7-10,13-15H,11-12H2,1-6H3,(H,24,26). The summed E-state index contributed by atoms with van der Waals surface area (Å²) < 4.78 is 12.7. The predicted octanol–water partition coefficient (Wildman–Crippen LogP) is 3.86. The van der Waals surface area contributed by atoms with Crippen LogP contribution in [0.25, 0.3) is 16.9 Å². The van der Waals surface area contributed by atoms with Crippen molar-refractivity contribution in [2.75, 3.05) is 25.5 Å². The number of hydrogen-bond donors (Lipinski definition) is 1. The summed E-state index contributed by atoms with van der Waals surface area (Å²) in [5.74, 6) is 1.32. The number of hydrogen-bond acceptors (Lipinski definition) is 7. The number of aromatic nitrogens is 4. The van der Waals surface area contributed by atoms with Crippen LogP contribution in [0.5, 0.6) is 5.75 Å². The molecular formula is C22H30N6O3. The molecule has 0 radical (unpaired) electrons. The smallest absolute Gasteiger partial charge is 0.410 e. The van der Waals surface area contributed by atoms with Gasteiger partial charge in [0.25, 0.3) is 0 Å². The van der Waals surface area contributed by atoms with Gasteiger partial charge in [-0.2, -0.15) is 0 Å². The molecule has 3 heterocycles. The zero-order chi connectivity index (χ0) is 22.6. The van der Waals surface area contributed by atoms with E-state index in [1.807, 2.05) is 52.8 Å². The van der Waals surface area contributed by atoms with Gasteiger partial charge in [0.15, 0.2) is 5.65 Å². The maximum atomic E-state index is 12.5. The summed E-state index contributed by atoms with van der Waals surface area (Å²) in [7, 11) is 1.61. The van der Waals surface area contributed by atoms with Gasteiger partial charge >= 0.3 is 6.09 Å². The molecule has 1 N–H and O–H groups in total. The predicted molar refractivity (Wildman–Crippen MR) is 119 cm³/mol. The van der Waals surface area contributed by atoms with Gasteiger partial charge in [-0.25, -0.2) is 14.3 Å². The van der Waals surface area contributed by atoms with Crippen molar-refractivity contribution in [1.82, 2.24) is 24.5 Å². The maximum absolute atomic E-state index is 12.5. The van der Waals surface area contributed by atoms with E-state index in [9.17, 15) is 4.79 Å². The molecule has 166 valence electrons. The Bertz CT molecular complexity index is 1040. The lowest BCUT2D eigenvalue weighted by atomic mass is 10.2. The van der Waals surface area contributed by atoms with Crippen LogP contribution in [0.3, 0.4) is 0 Å². The van der Waals surface area contributed by atoms with Gasteiger partial charge in [-0.3, -0.25) is 4.98 Å². The zero-order valence-electron chi connectivity index (χ0n) is 18.9. The van der Waals surface area contributed by atoms with Crippen molar-refractivity contribution in [3.05, 3.63) is 36.8 Å². The fraction of sp³-hybridized carbons (Fsp3) is 0.455. The van der Waals surface area contributed by atoms with E-state index in [4.69, 9.17) is 9.47 Å². The van der Waals surface area contributed by atoms with E-state index in [1.165, 1.54) is 0 Å². The number of carbonyl (C=O) groups is 1. The molecule has 0 fully saturated rings. The number of carbonyl (C=O) groups excluding carboxylic acids is 1. The van der Waals surface area contributed by atoms with Crippen LogP contribution in [0.2, 0.25) is 0 Å². The van der Waals surface area contributed by atoms with E-state index >= 15 is 0 Å². The van der Waals surface area contributed by atoms with Crippen LogP contribution in [0.15, 0.2) is 36.8 Å². The topological polar surface area (TPSA) is 93.9 Å². The fourth-order valence-corrected chi connectivity index (χ4v) is 3.09. The third-order valence-corrected chi connectivity index (χ3v) is 4.55. The van der Waals surface area contributed by atoms with Crippen LogP contribution in [0.4, 0.5) is 10.6 Å². The summed E-state index contributed by atoms with van der Waals surface area (Å²) in [4.78, 5) is 22.7. The summed E-state index contributed by atoms with van der Waals surface area (Å²) in [6.45, 7) is 10.5. The van der Waals surface area contributed by atoms with Crippen molar-refractivity contribution in [2.45, 2.75) is 46.3 Å². The second-order valence-corrected chi connectivity index (χ2v) is 8.40. The van der Waals surface area contributed by atoms with E-state index in [2.05, 4.69) is 20.4 Å². The minimum absolute atomic E-state index is 0.0199. The van der Waals surface area contributed by atoms with Gasteiger partial charge in [0.05, 0.1) is 25.2 Å². The number of ether oxygens (including phenoxy) is 2. The normalized spacial score (nSPS) is 11.6. The Kier molecular flexibility index (Phi) is 6.62. The highest BCUT2D eigenvalue weighted by molar-refractivity contribution is 5.69. The van der Waals surface area contributed by atoms with Crippen LogP contribution in [-0.2, 0) is 4.74 Å². The van der Waals surface area contributed by atoms with Gasteiger partial charge in [0.1, 0.15) is 17.2 Å². The first-order valence-electron chi connectivity index (χ1n) is 10.3. The SMILES string of the molecule is COc1cnccc1-c1cnc2ccc(NCCN(C(=O)OC(C)(C)C)C(C)C)nn12. The molecule has 0 atom stereocenters. The van der Waals surface area contributed by atoms with Gasteiger partial charge in [-0.15, -0.1) is 5.10 Å². The summed E-state index contributed by atoms with van der Waals surface area (Å²) in [5, 5.41) is 7.95. The molecule has 31 heavy (non-hydrogen) atoms. The van der Waals surface area contributed by atoms with Crippen molar-refractivity contribution in [3.8, 4) is 17.0 Å². The maximum Gasteiger partial charge on any atom is 0.410 e. The molecule has 0 spiro atoms. The average Bonchev–Trinajstić information content (AvgIpc) is 3.12. The number of fused-ring (bicyclic) bond motifs is 1.